The Bertz CT molecular complexity index is 930. The summed E-state index contributed by atoms with van der Waals surface area (Å²) in [6, 6.07) is 0. The number of ether oxygens (including phenoxy) is 1. The number of carbonyl (C=O) groups is 2. The first-order chi connectivity index (χ1) is 20.6. The zero-order chi connectivity index (χ0) is 33.3. The van der Waals surface area contributed by atoms with Crippen molar-refractivity contribution < 1.29 is 77.2 Å². The zero-order valence-electron chi connectivity index (χ0n) is 25.1. The van der Waals surface area contributed by atoms with Crippen LogP contribution in [0.25, 0.3) is 0 Å². The summed E-state index contributed by atoms with van der Waals surface area (Å²) < 4.78 is 42.3. The van der Waals surface area contributed by atoms with E-state index >= 15 is 0 Å². The van der Waals surface area contributed by atoms with Gasteiger partial charge in [-0.05, 0) is 6.42 Å². The molecule has 4 unspecified atom stereocenters. The van der Waals surface area contributed by atoms with Gasteiger partial charge in [-0.15, -0.1) is 0 Å². The van der Waals surface area contributed by atoms with E-state index in [1.807, 2.05) is 0 Å². The fourth-order valence-electron chi connectivity index (χ4n) is 4.81. The predicted molar refractivity (Wildman–Crippen MR) is 154 cm³/mol. The van der Waals surface area contributed by atoms with Gasteiger partial charge in [0.05, 0.1) is 13.0 Å². The van der Waals surface area contributed by atoms with Crippen LogP contribution >= 0.6 is 15.6 Å². The summed E-state index contributed by atoms with van der Waals surface area (Å²) in [5.74, 6) is -2.15. The molecule has 0 heterocycles. The number of phosphoric ester groups is 2. The summed E-state index contributed by atoms with van der Waals surface area (Å²) in [5, 5.41) is 49.4. The van der Waals surface area contributed by atoms with Crippen molar-refractivity contribution in [2.45, 2.75) is 146 Å². The quantitative estimate of drug-likeness (QED) is 0.0413. The molecule has 0 amide bonds. The van der Waals surface area contributed by atoms with Crippen LogP contribution in [0.4, 0.5) is 0 Å². The zero-order valence-corrected chi connectivity index (χ0v) is 26.9. The number of phosphoric acid groups is 2. The Labute approximate surface area is 257 Å². The smallest absolute Gasteiger partial charge is 0.472 e. The molecule has 1 saturated carbocycles. The molecule has 8 atom stereocenters. The number of hydrogen-bond acceptors (Lipinski definition) is 12. The van der Waals surface area contributed by atoms with Gasteiger partial charge in [0.25, 0.3) is 0 Å². The minimum atomic E-state index is -5.34. The molecule has 0 saturated heterocycles. The third-order valence-corrected chi connectivity index (χ3v) is 8.67. The first-order valence-electron chi connectivity index (χ1n) is 15.1. The molecule has 16 nitrogen and oxygen atoms in total. The van der Waals surface area contributed by atoms with Crippen LogP contribution < -0.4 is 0 Å². The normalized spacial score (nSPS) is 26.2. The number of carboxylic acid groups (broad SMARTS) is 1. The third kappa shape index (κ3) is 17.1. The van der Waals surface area contributed by atoms with Crippen molar-refractivity contribution in [2.24, 2.45) is 0 Å². The molecule has 1 aliphatic rings. The topological polar surface area (TPSA) is 267 Å². The largest absolute Gasteiger partial charge is 0.481 e. The average Bonchev–Trinajstić information content (AvgIpc) is 2.93. The summed E-state index contributed by atoms with van der Waals surface area (Å²) in [5.41, 5.74) is 0. The van der Waals surface area contributed by atoms with Crippen LogP contribution in [-0.4, -0.2) is 101 Å². The summed E-state index contributed by atoms with van der Waals surface area (Å²) in [7, 11) is -10.6. The molecule has 0 aromatic heterocycles. The molecule has 0 aromatic carbocycles. The number of hydrogen-bond donors (Lipinski definition) is 8. The maximum absolute atomic E-state index is 12.5. The lowest BCUT2D eigenvalue weighted by Gasteiger charge is -2.43. The van der Waals surface area contributed by atoms with E-state index in [9.17, 15) is 44.0 Å². The number of carbonyl (C=O) groups excluding carboxylic acids is 1. The molecule has 1 aliphatic carbocycles. The maximum atomic E-state index is 12.5. The highest BCUT2D eigenvalue weighted by atomic mass is 31.2. The average molecular weight is 681 g/mol. The standard InChI is InChI=1S/C26H50O16P2/c1-2-3-4-5-6-7-8-9-10-11-12-13-14-15-20(29)40-18(16-19(27)28)17-39-44(37,38)42-26-23(32)21(30)22(31)25(24(26)33)41-43(34,35)36/h18,21-26,30-33H,2-17H2,1H3,(H,27,28)(H,37,38)(H2,34,35,36)/t18-,21?,22-,23+,24?,25-,26?/m1/s1. The first-order valence-corrected chi connectivity index (χ1v) is 18.1. The van der Waals surface area contributed by atoms with Crippen LogP contribution in [-0.2, 0) is 37.0 Å². The lowest BCUT2D eigenvalue weighted by molar-refractivity contribution is -0.216. The summed E-state index contributed by atoms with van der Waals surface area (Å²) in [4.78, 5) is 51.5. The Morgan fingerprint density at radius 3 is 1.59 bits per heavy atom. The fraction of sp³-hybridized carbons (Fsp3) is 0.923. The first kappa shape index (κ1) is 41.0. The van der Waals surface area contributed by atoms with Gasteiger partial charge in [-0.2, -0.15) is 0 Å². The van der Waals surface area contributed by atoms with Crippen LogP contribution in [0.3, 0.4) is 0 Å². The van der Waals surface area contributed by atoms with Crippen LogP contribution in [0.5, 0.6) is 0 Å². The van der Waals surface area contributed by atoms with E-state index in [4.69, 9.17) is 24.2 Å². The predicted octanol–water partition coefficient (Wildman–Crippen LogP) is 2.29. The van der Waals surface area contributed by atoms with Crippen molar-refractivity contribution in [2.75, 3.05) is 6.61 Å². The van der Waals surface area contributed by atoms with Crippen molar-refractivity contribution >= 4 is 27.6 Å². The van der Waals surface area contributed by atoms with Crippen LogP contribution in [0, 0.1) is 0 Å². The Morgan fingerprint density at radius 2 is 1.14 bits per heavy atom. The molecule has 0 aromatic rings. The highest BCUT2D eigenvalue weighted by Gasteiger charge is 2.54. The van der Waals surface area contributed by atoms with Gasteiger partial charge in [0.1, 0.15) is 42.7 Å². The lowest BCUT2D eigenvalue weighted by Crippen LogP contribution is -2.64. The number of unbranched alkanes of at least 4 members (excludes halogenated alkanes) is 12. The Morgan fingerprint density at radius 1 is 0.682 bits per heavy atom. The van der Waals surface area contributed by atoms with Gasteiger partial charge >= 0.3 is 27.6 Å². The second kappa shape index (κ2) is 21.0. The van der Waals surface area contributed by atoms with Crippen molar-refractivity contribution in [3.8, 4) is 0 Å². The van der Waals surface area contributed by atoms with Gasteiger partial charge in [0, 0.05) is 6.42 Å². The monoisotopic (exact) mass is 680 g/mol. The Hall–Kier alpha value is -1.000. The molecule has 0 bridgehead atoms. The van der Waals surface area contributed by atoms with Gasteiger partial charge in [0.2, 0.25) is 0 Å². The van der Waals surface area contributed by atoms with Crippen molar-refractivity contribution in [1.29, 1.82) is 0 Å². The fourth-order valence-corrected chi connectivity index (χ4v) is 6.35. The molecule has 260 valence electrons. The van der Waals surface area contributed by atoms with E-state index in [0.717, 1.165) is 25.7 Å². The Kier molecular flexibility index (Phi) is 19.6. The molecule has 0 aliphatic heterocycles. The number of esters is 1. The number of carboxylic acids is 1. The van der Waals surface area contributed by atoms with Gasteiger partial charge in [0.15, 0.2) is 0 Å². The molecule has 44 heavy (non-hydrogen) atoms. The van der Waals surface area contributed by atoms with Gasteiger partial charge in [-0.25, -0.2) is 9.13 Å². The number of rotatable bonds is 24. The maximum Gasteiger partial charge on any atom is 0.472 e. The number of aliphatic hydroxyl groups excluding tert-OH is 4. The molecular formula is C26H50O16P2. The van der Waals surface area contributed by atoms with Crippen LogP contribution in [0.2, 0.25) is 0 Å². The van der Waals surface area contributed by atoms with Gasteiger partial charge < -0.3 is 44.9 Å². The van der Waals surface area contributed by atoms with Crippen molar-refractivity contribution in [3.63, 3.8) is 0 Å². The van der Waals surface area contributed by atoms with E-state index in [1.54, 1.807) is 0 Å². The van der Waals surface area contributed by atoms with Crippen LogP contribution in [0.1, 0.15) is 103 Å². The molecule has 0 radical (unpaired) electrons. The van der Waals surface area contributed by atoms with Crippen LogP contribution in [0.15, 0.2) is 0 Å². The van der Waals surface area contributed by atoms with E-state index in [2.05, 4.69) is 16.0 Å². The third-order valence-electron chi connectivity index (χ3n) is 7.17. The SMILES string of the molecule is CCCCCCCCCCCCCCCC(=O)O[C@@H](COP(=O)(O)OC1C(O)[C@H](OP(=O)(O)O)[C@H](O)C(O)[C@@H]1O)CC(=O)O. The van der Waals surface area contributed by atoms with E-state index < -0.39 is 83.3 Å². The molecule has 1 fully saturated rings. The number of aliphatic carboxylic acids is 1. The Balaban J connectivity index is 2.48. The van der Waals surface area contributed by atoms with Gasteiger partial charge in [-0.1, -0.05) is 84.0 Å². The highest BCUT2D eigenvalue weighted by Crippen LogP contribution is 2.49. The molecule has 1 rings (SSSR count). The lowest BCUT2D eigenvalue weighted by atomic mass is 9.85. The summed E-state index contributed by atoms with van der Waals surface area (Å²) in [6.07, 6.45) is -1.43. The van der Waals surface area contributed by atoms with Gasteiger partial charge in [-0.3, -0.25) is 23.2 Å². The minimum absolute atomic E-state index is 0.0111. The van der Waals surface area contributed by atoms with E-state index in [0.29, 0.717) is 6.42 Å². The highest BCUT2D eigenvalue weighted by molar-refractivity contribution is 7.47. The molecule has 8 N–H and O–H groups in total. The minimum Gasteiger partial charge on any atom is -0.481 e. The molecule has 0 spiro atoms. The number of aliphatic hydroxyl groups is 4. The second-order valence-corrected chi connectivity index (χ2v) is 13.7. The summed E-state index contributed by atoms with van der Waals surface area (Å²) >= 11 is 0. The van der Waals surface area contributed by atoms with E-state index in [-0.39, 0.29) is 6.42 Å². The van der Waals surface area contributed by atoms with Crippen molar-refractivity contribution in [1.82, 2.24) is 0 Å². The molecule has 18 heteroatoms. The molecular weight excluding hydrogens is 630 g/mol. The second-order valence-electron chi connectivity index (χ2n) is 11.1. The van der Waals surface area contributed by atoms with Crippen molar-refractivity contribution in [3.05, 3.63) is 0 Å². The summed E-state index contributed by atoms with van der Waals surface area (Å²) in [6.45, 7) is 1.25. The van der Waals surface area contributed by atoms with E-state index in [1.165, 1.54) is 51.4 Å².